The second-order valence-electron chi connectivity index (χ2n) is 5.01. The maximum Gasteiger partial charge on any atom is 0.306 e. The number of likely N-dealkylation sites (N-methyl/N-ethyl adjacent to an activating group) is 1. The van der Waals surface area contributed by atoms with Gasteiger partial charge in [-0.25, -0.2) is 0 Å². The molecular weight excluding hydrogens is 254 g/mol. The molecule has 0 aliphatic heterocycles. The van der Waals surface area contributed by atoms with Crippen molar-refractivity contribution in [2.75, 3.05) is 20.2 Å². The molecule has 0 aliphatic carbocycles. The topological polar surface area (TPSA) is 46.6 Å². The Bertz CT molecular complexity index is 457. The highest BCUT2D eigenvalue weighted by molar-refractivity contribution is 5.84. The molecule has 110 valence electrons. The molecule has 4 nitrogen and oxygen atoms in total. The number of benzene rings is 1. The number of hydrogen-bond donors (Lipinski definition) is 0. The molecule has 0 spiro atoms. The summed E-state index contributed by atoms with van der Waals surface area (Å²) in [6, 6.07) is 8.22. The van der Waals surface area contributed by atoms with Crippen LogP contribution in [0.15, 0.2) is 24.3 Å². The van der Waals surface area contributed by atoms with E-state index in [1.165, 1.54) is 11.1 Å². The Kier molecular flexibility index (Phi) is 6.94. The van der Waals surface area contributed by atoms with Gasteiger partial charge in [0.2, 0.25) is 0 Å². The van der Waals surface area contributed by atoms with Crippen molar-refractivity contribution >= 4 is 11.8 Å². The number of esters is 1. The molecule has 0 saturated heterocycles. The van der Waals surface area contributed by atoms with Gasteiger partial charge in [-0.15, -0.1) is 0 Å². The summed E-state index contributed by atoms with van der Waals surface area (Å²) in [5, 5.41) is 0. The normalized spacial score (nSPS) is 10.6. The van der Waals surface area contributed by atoms with Gasteiger partial charge in [0, 0.05) is 13.0 Å². The van der Waals surface area contributed by atoms with Gasteiger partial charge in [0.1, 0.15) is 5.78 Å². The minimum absolute atomic E-state index is 0.0632. The lowest BCUT2D eigenvalue weighted by atomic mass is 10.1. The van der Waals surface area contributed by atoms with E-state index in [2.05, 4.69) is 6.07 Å². The first-order chi connectivity index (χ1) is 9.51. The Balaban J connectivity index is 2.33. The van der Waals surface area contributed by atoms with Gasteiger partial charge in [0.15, 0.2) is 0 Å². The SMILES string of the molecule is CCOC(=O)CCC(=O)CN(C)Cc1cccc(C)c1. The van der Waals surface area contributed by atoms with E-state index in [4.69, 9.17) is 4.74 Å². The fourth-order valence-electron chi connectivity index (χ4n) is 2.03. The summed E-state index contributed by atoms with van der Waals surface area (Å²) in [6.07, 6.45) is 0.419. The van der Waals surface area contributed by atoms with E-state index in [9.17, 15) is 9.59 Å². The highest BCUT2D eigenvalue weighted by Crippen LogP contribution is 2.07. The first-order valence-electron chi connectivity index (χ1n) is 6.92. The second-order valence-corrected chi connectivity index (χ2v) is 5.01. The highest BCUT2D eigenvalue weighted by atomic mass is 16.5. The molecule has 0 unspecified atom stereocenters. The molecule has 0 atom stereocenters. The third kappa shape index (κ3) is 6.48. The van der Waals surface area contributed by atoms with Crippen molar-refractivity contribution in [2.24, 2.45) is 0 Å². The summed E-state index contributed by atoms with van der Waals surface area (Å²) in [4.78, 5) is 24.9. The first kappa shape index (κ1) is 16.4. The Morgan fingerprint density at radius 1 is 1.25 bits per heavy atom. The zero-order chi connectivity index (χ0) is 15.0. The predicted molar refractivity (Wildman–Crippen MR) is 78.4 cm³/mol. The lowest BCUT2D eigenvalue weighted by Crippen LogP contribution is -2.26. The summed E-state index contributed by atoms with van der Waals surface area (Å²) >= 11 is 0. The molecule has 0 bridgehead atoms. The van der Waals surface area contributed by atoms with Crippen molar-refractivity contribution in [1.82, 2.24) is 4.90 Å². The predicted octanol–water partition coefficient (Wildman–Crippen LogP) is 2.34. The number of aryl methyl sites for hydroxylation is 1. The largest absolute Gasteiger partial charge is 0.466 e. The summed E-state index contributed by atoms with van der Waals surface area (Å²) < 4.78 is 4.80. The Morgan fingerprint density at radius 3 is 2.65 bits per heavy atom. The molecule has 0 aliphatic rings. The zero-order valence-electron chi connectivity index (χ0n) is 12.5. The molecule has 0 radical (unpaired) electrons. The van der Waals surface area contributed by atoms with E-state index in [0.29, 0.717) is 13.2 Å². The van der Waals surface area contributed by atoms with Crippen LogP contribution in [0.4, 0.5) is 0 Å². The minimum atomic E-state index is -0.304. The van der Waals surface area contributed by atoms with Gasteiger partial charge in [-0.1, -0.05) is 29.8 Å². The maximum absolute atomic E-state index is 11.8. The fraction of sp³-hybridized carbons (Fsp3) is 0.500. The van der Waals surface area contributed by atoms with Crippen molar-refractivity contribution in [1.29, 1.82) is 0 Å². The van der Waals surface area contributed by atoms with Crippen molar-refractivity contribution in [3.63, 3.8) is 0 Å². The quantitative estimate of drug-likeness (QED) is 0.684. The first-order valence-corrected chi connectivity index (χ1v) is 6.92. The lowest BCUT2D eigenvalue weighted by molar-refractivity contribution is -0.144. The van der Waals surface area contributed by atoms with Gasteiger partial charge in [0.25, 0.3) is 0 Å². The number of rotatable bonds is 8. The van der Waals surface area contributed by atoms with Gasteiger partial charge >= 0.3 is 5.97 Å². The summed E-state index contributed by atoms with van der Waals surface area (Å²) in [6.45, 7) is 5.25. The molecular formula is C16H23NO3. The minimum Gasteiger partial charge on any atom is -0.466 e. The number of carbonyl (C=O) groups is 2. The van der Waals surface area contributed by atoms with Crippen LogP contribution in [-0.4, -0.2) is 36.9 Å². The number of ether oxygens (including phenoxy) is 1. The van der Waals surface area contributed by atoms with E-state index >= 15 is 0 Å². The number of ketones is 1. The van der Waals surface area contributed by atoms with Crippen LogP contribution >= 0.6 is 0 Å². The monoisotopic (exact) mass is 277 g/mol. The van der Waals surface area contributed by atoms with Crippen LogP contribution in [-0.2, 0) is 20.9 Å². The van der Waals surface area contributed by atoms with Crippen molar-refractivity contribution in [3.05, 3.63) is 35.4 Å². The van der Waals surface area contributed by atoms with Crippen LogP contribution in [0.25, 0.3) is 0 Å². The summed E-state index contributed by atoms with van der Waals surface area (Å²) in [5.41, 5.74) is 2.40. The molecule has 0 amide bonds. The zero-order valence-corrected chi connectivity index (χ0v) is 12.5. The van der Waals surface area contributed by atoms with Gasteiger partial charge < -0.3 is 4.74 Å². The van der Waals surface area contributed by atoms with Gasteiger partial charge in [-0.3, -0.25) is 14.5 Å². The van der Waals surface area contributed by atoms with Gasteiger partial charge in [-0.2, -0.15) is 0 Å². The van der Waals surface area contributed by atoms with Crippen molar-refractivity contribution in [2.45, 2.75) is 33.2 Å². The molecule has 20 heavy (non-hydrogen) atoms. The standard InChI is InChI=1S/C16H23NO3/c1-4-20-16(19)9-8-15(18)12-17(3)11-14-7-5-6-13(2)10-14/h5-7,10H,4,8-9,11-12H2,1-3H3. The van der Waals surface area contributed by atoms with Crippen LogP contribution in [0, 0.1) is 6.92 Å². The maximum atomic E-state index is 11.8. The van der Waals surface area contributed by atoms with E-state index in [1.807, 2.05) is 37.1 Å². The third-order valence-electron chi connectivity index (χ3n) is 2.89. The van der Waals surface area contributed by atoms with E-state index in [1.54, 1.807) is 6.92 Å². The van der Waals surface area contributed by atoms with E-state index < -0.39 is 0 Å². The summed E-state index contributed by atoms with van der Waals surface area (Å²) in [7, 11) is 1.91. The van der Waals surface area contributed by atoms with Crippen LogP contribution in [0.3, 0.4) is 0 Å². The number of Topliss-reactive ketones (excluding diaryl/α,β-unsaturated/α-hetero) is 1. The van der Waals surface area contributed by atoms with E-state index in [-0.39, 0.29) is 24.6 Å². The molecule has 0 heterocycles. The van der Waals surface area contributed by atoms with Gasteiger partial charge in [0.05, 0.1) is 19.6 Å². The number of carbonyl (C=O) groups excluding carboxylic acids is 2. The highest BCUT2D eigenvalue weighted by Gasteiger charge is 2.10. The van der Waals surface area contributed by atoms with E-state index in [0.717, 1.165) is 6.54 Å². The van der Waals surface area contributed by atoms with Crippen molar-refractivity contribution < 1.29 is 14.3 Å². The smallest absolute Gasteiger partial charge is 0.306 e. The van der Waals surface area contributed by atoms with Crippen LogP contribution < -0.4 is 0 Å². The van der Waals surface area contributed by atoms with Crippen LogP contribution in [0.1, 0.15) is 30.9 Å². The molecule has 0 saturated carbocycles. The molecule has 0 N–H and O–H groups in total. The molecule has 1 rings (SSSR count). The Morgan fingerprint density at radius 2 is 2.00 bits per heavy atom. The molecule has 4 heteroatoms. The molecule has 1 aromatic rings. The lowest BCUT2D eigenvalue weighted by Gasteiger charge is -2.16. The average Bonchev–Trinajstić information content (AvgIpc) is 2.36. The Labute approximate surface area is 120 Å². The second kappa shape index (κ2) is 8.48. The summed E-state index contributed by atoms with van der Waals surface area (Å²) in [5.74, 6) is -0.240. The molecule has 1 aromatic carbocycles. The third-order valence-corrected chi connectivity index (χ3v) is 2.89. The molecule has 0 fully saturated rings. The van der Waals surface area contributed by atoms with Crippen molar-refractivity contribution in [3.8, 4) is 0 Å². The van der Waals surface area contributed by atoms with Gasteiger partial charge in [-0.05, 0) is 26.5 Å². The Hall–Kier alpha value is -1.68. The van der Waals surface area contributed by atoms with Crippen LogP contribution in [0.5, 0.6) is 0 Å². The number of hydrogen-bond acceptors (Lipinski definition) is 4. The average molecular weight is 277 g/mol. The molecule has 0 aromatic heterocycles. The number of nitrogens with zero attached hydrogens (tertiary/aromatic N) is 1. The van der Waals surface area contributed by atoms with Crippen LogP contribution in [0.2, 0.25) is 0 Å². The fourth-order valence-corrected chi connectivity index (χ4v) is 2.03.